The van der Waals surface area contributed by atoms with Crippen LogP contribution in [0.5, 0.6) is 0 Å². The SMILES string of the molecule is O=C(O)C1C2CCC(C2)C1NCc1cccc(Cl)c1Cl. The standard InChI is InChI=1S/C15H17Cl2NO2/c16-11-3-1-2-10(13(11)17)7-18-14-9-5-4-8(6-9)12(14)15(19)20/h1-3,8-9,12,14,18H,4-7H2,(H,19,20). The number of benzene rings is 1. The second kappa shape index (κ2) is 5.55. The summed E-state index contributed by atoms with van der Waals surface area (Å²) in [4.78, 5) is 11.4. The van der Waals surface area contributed by atoms with Crippen LogP contribution in [0.15, 0.2) is 18.2 Å². The summed E-state index contributed by atoms with van der Waals surface area (Å²) in [5, 5.41) is 13.9. The Morgan fingerprint density at radius 1 is 1.30 bits per heavy atom. The van der Waals surface area contributed by atoms with E-state index in [-0.39, 0.29) is 12.0 Å². The van der Waals surface area contributed by atoms with E-state index in [0.717, 1.165) is 24.8 Å². The number of hydrogen-bond donors (Lipinski definition) is 2. The molecule has 2 bridgehead atoms. The normalized spacial score (nSPS) is 31.7. The monoisotopic (exact) mass is 313 g/mol. The van der Waals surface area contributed by atoms with Crippen LogP contribution in [0.2, 0.25) is 10.0 Å². The van der Waals surface area contributed by atoms with Gasteiger partial charge < -0.3 is 10.4 Å². The molecule has 0 amide bonds. The summed E-state index contributed by atoms with van der Waals surface area (Å²) in [7, 11) is 0. The number of carboxylic acid groups (broad SMARTS) is 1. The first-order chi connectivity index (χ1) is 9.58. The molecule has 0 aromatic heterocycles. The van der Waals surface area contributed by atoms with Gasteiger partial charge in [0.1, 0.15) is 0 Å². The van der Waals surface area contributed by atoms with Crippen molar-refractivity contribution in [2.75, 3.05) is 0 Å². The molecule has 5 heteroatoms. The van der Waals surface area contributed by atoms with Gasteiger partial charge in [0.2, 0.25) is 0 Å². The molecule has 2 saturated carbocycles. The quantitative estimate of drug-likeness (QED) is 0.893. The Morgan fingerprint density at radius 3 is 2.80 bits per heavy atom. The second-order valence-corrected chi connectivity index (χ2v) is 6.60. The Bertz CT molecular complexity index is 535. The number of halogens is 2. The molecule has 2 N–H and O–H groups in total. The summed E-state index contributed by atoms with van der Waals surface area (Å²) in [5.74, 6) is -0.109. The van der Waals surface area contributed by atoms with Gasteiger partial charge in [-0.05, 0) is 42.7 Å². The van der Waals surface area contributed by atoms with Crippen LogP contribution in [0.25, 0.3) is 0 Å². The highest BCUT2D eigenvalue weighted by Gasteiger charge is 2.50. The van der Waals surface area contributed by atoms with Crippen molar-refractivity contribution in [2.24, 2.45) is 17.8 Å². The van der Waals surface area contributed by atoms with E-state index < -0.39 is 5.97 Å². The largest absolute Gasteiger partial charge is 0.481 e. The number of fused-ring (bicyclic) bond motifs is 2. The molecule has 3 nitrogen and oxygen atoms in total. The highest BCUT2D eigenvalue weighted by atomic mass is 35.5. The van der Waals surface area contributed by atoms with Crippen LogP contribution < -0.4 is 5.32 Å². The van der Waals surface area contributed by atoms with Crippen molar-refractivity contribution in [3.05, 3.63) is 33.8 Å². The lowest BCUT2D eigenvalue weighted by Gasteiger charge is -2.29. The van der Waals surface area contributed by atoms with Crippen LogP contribution in [0.1, 0.15) is 24.8 Å². The summed E-state index contributed by atoms with van der Waals surface area (Å²) in [5.41, 5.74) is 0.922. The van der Waals surface area contributed by atoms with Crippen LogP contribution in [-0.4, -0.2) is 17.1 Å². The zero-order valence-electron chi connectivity index (χ0n) is 11.0. The van der Waals surface area contributed by atoms with Gasteiger partial charge in [-0.3, -0.25) is 4.79 Å². The van der Waals surface area contributed by atoms with E-state index in [1.165, 1.54) is 0 Å². The number of rotatable bonds is 4. The van der Waals surface area contributed by atoms with Crippen molar-refractivity contribution >= 4 is 29.2 Å². The minimum atomic E-state index is -0.674. The number of hydrogen-bond acceptors (Lipinski definition) is 2. The van der Waals surface area contributed by atoms with Crippen molar-refractivity contribution in [1.82, 2.24) is 5.32 Å². The Morgan fingerprint density at radius 2 is 2.05 bits per heavy atom. The average Bonchev–Trinajstić information content (AvgIpc) is 3.00. The van der Waals surface area contributed by atoms with Crippen molar-refractivity contribution in [3.63, 3.8) is 0 Å². The second-order valence-electron chi connectivity index (χ2n) is 5.82. The molecule has 3 rings (SSSR count). The zero-order chi connectivity index (χ0) is 14.3. The first kappa shape index (κ1) is 14.2. The van der Waals surface area contributed by atoms with Gasteiger partial charge in [-0.1, -0.05) is 35.3 Å². The Hall–Kier alpha value is -0.770. The Labute approximate surface area is 128 Å². The minimum Gasteiger partial charge on any atom is -0.481 e. The maximum absolute atomic E-state index is 11.4. The lowest BCUT2D eigenvalue weighted by molar-refractivity contribution is -0.144. The summed E-state index contributed by atoms with van der Waals surface area (Å²) in [6, 6.07) is 5.59. The number of carbonyl (C=O) groups is 1. The van der Waals surface area contributed by atoms with Crippen LogP contribution in [0.3, 0.4) is 0 Å². The number of aliphatic carboxylic acids is 1. The molecule has 2 fully saturated rings. The van der Waals surface area contributed by atoms with Crippen LogP contribution in [0.4, 0.5) is 0 Å². The topological polar surface area (TPSA) is 49.3 Å². The maximum Gasteiger partial charge on any atom is 0.308 e. The highest BCUT2D eigenvalue weighted by Crippen LogP contribution is 2.48. The smallest absolute Gasteiger partial charge is 0.308 e. The molecule has 1 aromatic carbocycles. The number of nitrogens with one attached hydrogen (secondary N) is 1. The van der Waals surface area contributed by atoms with E-state index >= 15 is 0 Å². The fraction of sp³-hybridized carbons (Fsp3) is 0.533. The van der Waals surface area contributed by atoms with Crippen LogP contribution in [-0.2, 0) is 11.3 Å². The van der Waals surface area contributed by atoms with E-state index in [9.17, 15) is 9.90 Å². The Balaban J connectivity index is 1.71. The highest BCUT2D eigenvalue weighted by molar-refractivity contribution is 6.42. The third-order valence-electron chi connectivity index (χ3n) is 4.76. The molecular weight excluding hydrogens is 297 g/mol. The maximum atomic E-state index is 11.4. The molecule has 20 heavy (non-hydrogen) atoms. The van der Waals surface area contributed by atoms with Crippen molar-refractivity contribution in [1.29, 1.82) is 0 Å². The molecule has 4 atom stereocenters. The lowest BCUT2D eigenvalue weighted by Crippen LogP contribution is -2.43. The van der Waals surface area contributed by atoms with E-state index in [4.69, 9.17) is 23.2 Å². The van der Waals surface area contributed by atoms with E-state index in [1.54, 1.807) is 6.07 Å². The van der Waals surface area contributed by atoms with Crippen LogP contribution >= 0.6 is 23.2 Å². The lowest BCUT2D eigenvalue weighted by atomic mass is 9.84. The molecule has 1 aromatic rings. The number of carboxylic acids is 1. The molecule has 0 saturated heterocycles. The predicted molar refractivity (Wildman–Crippen MR) is 79.0 cm³/mol. The third-order valence-corrected chi connectivity index (χ3v) is 5.62. The van der Waals surface area contributed by atoms with Gasteiger partial charge in [0, 0.05) is 12.6 Å². The third kappa shape index (κ3) is 2.43. The molecule has 108 valence electrons. The molecule has 0 spiro atoms. The first-order valence-corrected chi connectivity index (χ1v) is 7.72. The van der Waals surface area contributed by atoms with Crippen LogP contribution in [0, 0.1) is 17.8 Å². The van der Waals surface area contributed by atoms with Gasteiger partial charge in [-0.25, -0.2) is 0 Å². The minimum absolute atomic E-state index is 0.0568. The first-order valence-electron chi connectivity index (χ1n) is 6.97. The van der Waals surface area contributed by atoms with Crippen molar-refractivity contribution < 1.29 is 9.90 Å². The fourth-order valence-electron chi connectivity index (χ4n) is 3.85. The molecular formula is C15H17Cl2NO2. The predicted octanol–water partition coefficient (Wildman–Crippen LogP) is 3.58. The van der Waals surface area contributed by atoms with Gasteiger partial charge in [0.15, 0.2) is 0 Å². The van der Waals surface area contributed by atoms with Gasteiger partial charge in [-0.2, -0.15) is 0 Å². The molecule has 0 radical (unpaired) electrons. The van der Waals surface area contributed by atoms with E-state index in [1.807, 2.05) is 12.1 Å². The van der Waals surface area contributed by atoms with Gasteiger partial charge in [-0.15, -0.1) is 0 Å². The molecule has 2 aliphatic carbocycles. The van der Waals surface area contributed by atoms with Gasteiger partial charge >= 0.3 is 5.97 Å². The van der Waals surface area contributed by atoms with Gasteiger partial charge in [0.25, 0.3) is 0 Å². The molecule has 4 unspecified atom stereocenters. The fourth-order valence-corrected chi connectivity index (χ4v) is 4.24. The molecule has 0 heterocycles. The summed E-state index contributed by atoms with van der Waals surface area (Å²) < 4.78 is 0. The van der Waals surface area contributed by atoms with Gasteiger partial charge in [0.05, 0.1) is 16.0 Å². The van der Waals surface area contributed by atoms with E-state index in [2.05, 4.69) is 5.32 Å². The Kier molecular flexibility index (Phi) is 3.93. The summed E-state index contributed by atoms with van der Waals surface area (Å²) in [6.07, 6.45) is 3.23. The summed E-state index contributed by atoms with van der Waals surface area (Å²) >= 11 is 12.2. The molecule has 0 aliphatic heterocycles. The molecule has 2 aliphatic rings. The average molecular weight is 314 g/mol. The zero-order valence-corrected chi connectivity index (χ0v) is 12.5. The van der Waals surface area contributed by atoms with Crippen molar-refractivity contribution in [3.8, 4) is 0 Å². The van der Waals surface area contributed by atoms with E-state index in [0.29, 0.717) is 28.4 Å². The summed E-state index contributed by atoms with van der Waals surface area (Å²) in [6.45, 7) is 0.567. The van der Waals surface area contributed by atoms with Crippen molar-refractivity contribution in [2.45, 2.75) is 31.8 Å².